The molecule has 0 heterocycles. The lowest BCUT2D eigenvalue weighted by Crippen LogP contribution is -2.15. The molecule has 0 spiro atoms. The molecule has 1 aromatic rings. The first-order chi connectivity index (χ1) is 9.33. The van der Waals surface area contributed by atoms with Crippen molar-refractivity contribution in [3.8, 4) is 11.5 Å². The molecule has 1 aromatic carbocycles. The van der Waals surface area contributed by atoms with Gasteiger partial charge in [-0.25, -0.2) is 0 Å². The predicted octanol–water partition coefficient (Wildman–Crippen LogP) is 3.37. The summed E-state index contributed by atoms with van der Waals surface area (Å²) in [7, 11) is 3.64. The molecular weight excluding hydrogens is 238 g/mol. The van der Waals surface area contributed by atoms with Crippen molar-refractivity contribution >= 4 is 0 Å². The van der Waals surface area contributed by atoms with Crippen molar-refractivity contribution in [2.75, 3.05) is 20.8 Å². The van der Waals surface area contributed by atoms with Crippen LogP contribution in [0.3, 0.4) is 0 Å². The standard InChI is InChI=1S/C16H25NO2/c1-17-11-14-8-9-15(16(10-14)18-2)19-12-13-6-4-3-5-7-13/h8-10,13,17H,3-7,11-12H2,1-2H3. The van der Waals surface area contributed by atoms with Crippen LogP contribution in [0.25, 0.3) is 0 Å². The van der Waals surface area contributed by atoms with E-state index in [1.807, 2.05) is 19.2 Å². The molecule has 1 N–H and O–H groups in total. The van der Waals surface area contributed by atoms with Gasteiger partial charge in [-0.15, -0.1) is 0 Å². The van der Waals surface area contributed by atoms with Gasteiger partial charge in [0.05, 0.1) is 13.7 Å². The van der Waals surface area contributed by atoms with Crippen molar-refractivity contribution in [1.82, 2.24) is 5.32 Å². The quantitative estimate of drug-likeness (QED) is 0.853. The van der Waals surface area contributed by atoms with Crippen molar-refractivity contribution in [1.29, 1.82) is 0 Å². The molecular formula is C16H25NO2. The SMILES string of the molecule is CNCc1ccc(OCC2CCCCC2)c(OC)c1. The van der Waals surface area contributed by atoms with Gasteiger partial charge in [-0.05, 0) is 43.5 Å². The average molecular weight is 263 g/mol. The zero-order valence-corrected chi connectivity index (χ0v) is 12.1. The maximum atomic E-state index is 5.96. The van der Waals surface area contributed by atoms with Crippen LogP contribution in [0.1, 0.15) is 37.7 Å². The van der Waals surface area contributed by atoms with Gasteiger partial charge in [-0.1, -0.05) is 25.3 Å². The van der Waals surface area contributed by atoms with E-state index in [0.29, 0.717) is 0 Å². The molecule has 0 bridgehead atoms. The normalized spacial score (nSPS) is 16.3. The van der Waals surface area contributed by atoms with E-state index in [4.69, 9.17) is 9.47 Å². The highest BCUT2D eigenvalue weighted by Gasteiger charge is 2.15. The lowest BCUT2D eigenvalue weighted by atomic mass is 9.90. The molecule has 1 aliphatic carbocycles. The van der Waals surface area contributed by atoms with Crippen LogP contribution in [0.5, 0.6) is 11.5 Å². The maximum Gasteiger partial charge on any atom is 0.161 e. The van der Waals surface area contributed by atoms with Gasteiger partial charge in [-0.2, -0.15) is 0 Å². The van der Waals surface area contributed by atoms with Gasteiger partial charge < -0.3 is 14.8 Å². The molecule has 0 saturated heterocycles. The fourth-order valence-electron chi connectivity index (χ4n) is 2.71. The zero-order valence-electron chi connectivity index (χ0n) is 12.1. The number of hydrogen-bond donors (Lipinski definition) is 1. The zero-order chi connectivity index (χ0) is 13.5. The predicted molar refractivity (Wildman–Crippen MR) is 77.8 cm³/mol. The number of ether oxygens (including phenoxy) is 2. The van der Waals surface area contributed by atoms with Crippen LogP contribution < -0.4 is 14.8 Å². The van der Waals surface area contributed by atoms with Crippen molar-refractivity contribution < 1.29 is 9.47 Å². The minimum absolute atomic E-state index is 0.718. The molecule has 0 aliphatic heterocycles. The summed E-state index contributed by atoms with van der Waals surface area (Å²) in [5, 5.41) is 3.14. The molecule has 3 heteroatoms. The molecule has 1 saturated carbocycles. The summed E-state index contributed by atoms with van der Waals surface area (Å²) in [6.07, 6.45) is 6.71. The number of hydrogen-bond acceptors (Lipinski definition) is 3. The molecule has 1 aliphatic rings. The van der Waals surface area contributed by atoms with E-state index in [1.54, 1.807) is 7.11 Å². The fourth-order valence-corrected chi connectivity index (χ4v) is 2.71. The highest BCUT2D eigenvalue weighted by molar-refractivity contribution is 5.42. The van der Waals surface area contributed by atoms with Crippen molar-refractivity contribution in [3.63, 3.8) is 0 Å². The molecule has 1 fully saturated rings. The Bertz CT molecular complexity index is 386. The average Bonchev–Trinajstić information content (AvgIpc) is 2.47. The van der Waals surface area contributed by atoms with Gasteiger partial charge in [0.15, 0.2) is 11.5 Å². The Balaban J connectivity index is 1.94. The number of benzene rings is 1. The van der Waals surface area contributed by atoms with E-state index in [-0.39, 0.29) is 0 Å². The molecule has 2 rings (SSSR count). The van der Waals surface area contributed by atoms with E-state index in [9.17, 15) is 0 Å². The molecule has 0 aromatic heterocycles. The van der Waals surface area contributed by atoms with Gasteiger partial charge in [-0.3, -0.25) is 0 Å². The third-order valence-corrected chi connectivity index (χ3v) is 3.81. The number of nitrogens with one attached hydrogen (secondary N) is 1. The van der Waals surface area contributed by atoms with E-state index < -0.39 is 0 Å². The largest absolute Gasteiger partial charge is 0.493 e. The van der Waals surface area contributed by atoms with Crippen molar-refractivity contribution in [3.05, 3.63) is 23.8 Å². The van der Waals surface area contributed by atoms with E-state index in [2.05, 4.69) is 11.4 Å². The van der Waals surface area contributed by atoms with Gasteiger partial charge >= 0.3 is 0 Å². The molecule has 3 nitrogen and oxygen atoms in total. The second-order valence-electron chi connectivity index (χ2n) is 5.33. The van der Waals surface area contributed by atoms with Crippen LogP contribution in [0.15, 0.2) is 18.2 Å². The Labute approximate surface area is 116 Å². The molecule has 19 heavy (non-hydrogen) atoms. The van der Waals surface area contributed by atoms with Gasteiger partial charge in [0.2, 0.25) is 0 Å². The lowest BCUT2D eigenvalue weighted by molar-refractivity contribution is 0.202. The Hall–Kier alpha value is -1.22. The Morgan fingerprint density at radius 1 is 1.16 bits per heavy atom. The molecule has 0 radical (unpaired) electrons. The third kappa shape index (κ3) is 4.13. The Morgan fingerprint density at radius 2 is 1.95 bits per heavy atom. The minimum atomic E-state index is 0.718. The lowest BCUT2D eigenvalue weighted by Gasteiger charge is -2.22. The smallest absolute Gasteiger partial charge is 0.161 e. The summed E-state index contributed by atoms with van der Waals surface area (Å²) in [5.41, 5.74) is 1.21. The first-order valence-electron chi connectivity index (χ1n) is 7.28. The second-order valence-corrected chi connectivity index (χ2v) is 5.33. The van der Waals surface area contributed by atoms with Crippen molar-refractivity contribution in [2.45, 2.75) is 38.6 Å². The minimum Gasteiger partial charge on any atom is -0.493 e. The summed E-state index contributed by atoms with van der Waals surface area (Å²) in [6.45, 7) is 1.67. The topological polar surface area (TPSA) is 30.5 Å². The molecule has 0 amide bonds. The molecule has 0 unspecified atom stereocenters. The fraction of sp³-hybridized carbons (Fsp3) is 0.625. The first kappa shape index (κ1) is 14.2. The summed E-state index contributed by atoms with van der Waals surface area (Å²) >= 11 is 0. The summed E-state index contributed by atoms with van der Waals surface area (Å²) < 4.78 is 11.4. The number of methoxy groups -OCH3 is 1. The van der Waals surface area contributed by atoms with Crippen LogP contribution in [0.4, 0.5) is 0 Å². The Morgan fingerprint density at radius 3 is 2.63 bits per heavy atom. The highest BCUT2D eigenvalue weighted by atomic mass is 16.5. The van der Waals surface area contributed by atoms with E-state index >= 15 is 0 Å². The maximum absolute atomic E-state index is 5.96. The summed E-state index contributed by atoms with van der Waals surface area (Å²) in [6, 6.07) is 6.16. The monoisotopic (exact) mass is 263 g/mol. The second kappa shape index (κ2) is 7.39. The molecule has 0 atom stereocenters. The van der Waals surface area contributed by atoms with Gasteiger partial charge in [0.1, 0.15) is 0 Å². The summed E-state index contributed by atoms with van der Waals surface area (Å²) in [5.74, 6) is 2.42. The third-order valence-electron chi connectivity index (χ3n) is 3.81. The van der Waals surface area contributed by atoms with Crippen LogP contribution in [-0.4, -0.2) is 20.8 Å². The van der Waals surface area contributed by atoms with Crippen LogP contribution in [0.2, 0.25) is 0 Å². The first-order valence-corrected chi connectivity index (χ1v) is 7.28. The Kier molecular flexibility index (Phi) is 5.52. The van der Waals surface area contributed by atoms with E-state index in [1.165, 1.54) is 37.7 Å². The van der Waals surface area contributed by atoms with E-state index in [0.717, 1.165) is 30.6 Å². The highest BCUT2D eigenvalue weighted by Crippen LogP contribution is 2.30. The molecule has 106 valence electrons. The van der Waals surface area contributed by atoms with Gasteiger partial charge in [0, 0.05) is 6.54 Å². The van der Waals surface area contributed by atoms with Crippen molar-refractivity contribution in [2.24, 2.45) is 5.92 Å². The summed E-state index contributed by atoms with van der Waals surface area (Å²) in [4.78, 5) is 0. The van der Waals surface area contributed by atoms with Crippen LogP contribution in [0, 0.1) is 5.92 Å². The number of rotatable bonds is 6. The van der Waals surface area contributed by atoms with Gasteiger partial charge in [0.25, 0.3) is 0 Å². The van der Waals surface area contributed by atoms with Crippen LogP contribution >= 0.6 is 0 Å². The van der Waals surface area contributed by atoms with Crippen LogP contribution in [-0.2, 0) is 6.54 Å².